The minimum absolute atomic E-state index is 0. The van der Waals surface area contributed by atoms with E-state index in [2.05, 4.69) is 20.6 Å². The van der Waals surface area contributed by atoms with Crippen LogP contribution in [-0.2, 0) is 19.1 Å². The van der Waals surface area contributed by atoms with Gasteiger partial charge in [0.1, 0.15) is 0 Å². The highest BCUT2D eigenvalue weighted by atomic mass is 127. The highest BCUT2D eigenvalue weighted by molar-refractivity contribution is 14.0. The summed E-state index contributed by atoms with van der Waals surface area (Å²) in [5, 5.41) is 6.34. The molecule has 0 bridgehead atoms. The Labute approximate surface area is 174 Å². The molecule has 27 heavy (non-hydrogen) atoms. The van der Waals surface area contributed by atoms with Crippen molar-refractivity contribution in [3.8, 4) is 0 Å². The van der Waals surface area contributed by atoms with Gasteiger partial charge in [-0.15, -0.1) is 24.0 Å². The first-order valence-electron chi connectivity index (χ1n) is 8.49. The second-order valence-corrected chi connectivity index (χ2v) is 5.83. The number of aromatic nitrogens is 1. The van der Waals surface area contributed by atoms with Crippen molar-refractivity contribution in [1.29, 1.82) is 0 Å². The Balaban J connectivity index is 0.00000364. The Kier molecular flexibility index (Phi) is 9.54. The number of aryl methyl sites for hydroxylation is 1. The average Bonchev–Trinajstić information content (AvgIpc) is 2.60. The second kappa shape index (κ2) is 11.1. The molecule has 0 saturated carbocycles. The minimum Gasteiger partial charge on any atom is -0.357 e. The second-order valence-electron chi connectivity index (χ2n) is 5.83. The van der Waals surface area contributed by atoms with Crippen LogP contribution in [0.1, 0.15) is 29.3 Å². The number of guanidine groups is 1. The Bertz CT molecular complexity index is 730. The monoisotopic (exact) mass is 492 g/mol. The van der Waals surface area contributed by atoms with Crippen LogP contribution >= 0.6 is 24.0 Å². The first-order valence-corrected chi connectivity index (χ1v) is 8.49. The van der Waals surface area contributed by atoms with E-state index in [-0.39, 0.29) is 24.0 Å². The number of aliphatic imine (C=N–C) groups is 1. The van der Waals surface area contributed by atoms with Gasteiger partial charge in [-0.2, -0.15) is 13.2 Å². The van der Waals surface area contributed by atoms with Gasteiger partial charge in [-0.05, 0) is 49.6 Å². The molecule has 0 spiro atoms. The maximum atomic E-state index is 12.6. The summed E-state index contributed by atoms with van der Waals surface area (Å²) >= 11 is 0. The molecule has 0 amide bonds. The third-order valence-corrected chi connectivity index (χ3v) is 3.84. The molecule has 0 aliphatic carbocycles. The highest BCUT2D eigenvalue weighted by Gasteiger charge is 2.29. The van der Waals surface area contributed by atoms with Crippen LogP contribution in [0.3, 0.4) is 0 Å². The predicted octanol–water partition coefficient (Wildman–Crippen LogP) is 4.32. The zero-order valence-corrected chi connectivity index (χ0v) is 17.6. The standard InChI is InChI=1S/C19H23F3N4.HI/c1-3-23-18(26-13-17-14(2)5-4-11-24-17)25-12-10-15-6-8-16(9-7-15)19(20,21)22;/h4-9,11H,3,10,12-13H2,1-2H3,(H2,23,25,26);1H. The first-order chi connectivity index (χ1) is 12.4. The third kappa shape index (κ3) is 7.74. The number of nitrogens with one attached hydrogen (secondary N) is 2. The van der Waals surface area contributed by atoms with E-state index in [9.17, 15) is 13.2 Å². The quantitative estimate of drug-likeness (QED) is 0.359. The molecule has 0 aliphatic heterocycles. The lowest BCUT2D eigenvalue weighted by molar-refractivity contribution is -0.137. The molecule has 2 aromatic rings. The number of alkyl halides is 3. The van der Waals surface area contributed by atoms with Crippen molar-refractivity contribution < 1.29 is 13.2 Å². The summed E-state index contributed by atoms with van der Waals surface area (Å²) in [4.78, 5) is 8.82. The normalized spacial score (nSPS) is 11.7. The van der Waals surface area contributed by atoms with Crippen LogP contribution in [0.25, 0.3) is 0 Å². The Hall–Kier alpha value is -1.84. The summed E-state index contributed by atoms with van der Waals surface area (Å²) in [6, 6.07) is 9.10. The zero-order chi connectivity index (χ0) is 19.0. The van der Waals surface area contributed by atoms with Crippen LogP contribution in [0.15, 0.2) is 47.6 Å². The molecule has 8 heteroatoms. The molecule has 1 aromatic heterocycles. The van der Waals surface area contributed by atoms with Gasteiger partial charge in [-0.3, -0.25) is 4.98 Å². The van der Waals surface area contributed by atoms with E-state index in [1.165, 1.54) is 12.1 Å². The van der Waals surface area contributed by atoms with Crippen molar-refractivity contribution in [3.63, 3.8) is 0 Å². The number of benzene rings is 1. The van der Waals surface area contributed by atoms with Gasteiger partial charge >= 0.3 is 6.18 Å². The summed E-state index contributed by atoms with van der Waals surface area (Å²) in [6.07, 6.45) is -1.96. The molecule has 1 heterocycles. The Morgan fingerprint density at radius 3 is 2.41 bits per heavy atom. The SMILES string of the molecule is CCNC(=NCc1ncccc1C)NCCc1ccc(C(F)(F)F)cc1.I. The van der Waals surface area contributed by atoms with E-state index in [0.29, 0.717) is 32.0 Å². The van der Waals surface area contributed by atoms with Crippen LogP contribution in [0.2, 0.25) is 0 Å². The topological polar surface area (TPSA) is 49.3 Å². The van der Waals surface area contributed by atoms with Crippen LogP contribution in [0, 0.1) is 6.92 Å². The lowest BCUT2D eigenvalue weighted by atomic mass is 10.1. The molecule has 0 fully saturated rings. The highest BCUT2D eigenvalue weighted by Crippen LogP contribution is 2.29. The van der Waals surface area contributed by atoms with E-state index >= 15 is 0 Å². The zero-order valence-electron chi connectivity index (χ0n) is 15.3. The molecular formula is C19H24F3IN4. The van der Waals surface area contributed by atoms with Crippen LogP contribution in [-0.4, -0.2) is 24.0 Å². The maximum Gasteiger partial charge on any atom is 0.416 e. The van der Waals surface area contributed by atoms with Gasteiger partial charge in [0, 0.05) is 19.3 Å². The molecule has 0 atom stereocenters. The van der Waals surface area contributed by atoms with Crippen LogP contribution in [0.4, 0.5) is 13.2 Å². The summed E-state index contributed by atoms with van der Waals surface area (Å²) < 4.78 is 37.7. The van der Waals surface area contributed by atoms with E-state index in [4.69, 9.17) is 0 Å². The Morgan fingerprint density at radius 2 is 1.81 bits per heavy atom. The lowest BCUT2D eigenvalue weighted by Gasteiger charge is -2.12. The molecule has 2 rings (SSSR count). The molecular weight excluding hydrogens is 468 g/mol. The van der Waals surface area contributed by atoms with Gasteiger partial charge in [0.05, 0.1) is 17.8 Å². The maximum absolute atomic E-state index is 12.6. The Morgan fingerprint density at radius 1 is 1.11 bits per heavy atom. The molecule has 0 radical (unpaired) electrons. The molecule has 148 valence electrons. The van der Waals surface area contributed by atoms with E-state index in [1.54, 1.807) is 6.20 Å². The lowest BCUT2D eigenvalue weighted by Crippen LogP contribution is -2.38. The molecule has 1 aromatic carbocycles. The van der Waals surface area contributed by atoms with Gasteiger partial charge in [0.2, 0.25) is 0 Å². The third-order valence-electron chi connectivity index (χ3n) is 3.84. The van der Waals surface area contributed by atoms with Crippen LogP contribution < -0.4 is 10.6 Å². The molecule has 0 aliphatic rings. The number of hydrogen-bond donors (Lipinski definition) is 2. The van der Waals surface area contributed by atoms with E-state index < -0.39 is 11.7 Å². The summed E-state index contributed by atoms with van der Waals surface area (Å²) in [5.74, 6) is 0.657. The minimum atomic E-state index is -4.30. The smallest absolute Gasteiger partial charge is 0.357 e. The largest absolute Gasteiger partial charge is 0.416 e. The van der Waals surface area contributed by atoms with Crippen molar-refractivity contribution in [2.24, 2.45) is 4.99 Å². The predicted molar refractivity (Wildman–Crippen MR) is 112 cm³/mol. The van der Waals surface area contributed by atoms with Gasteiger partial charge < -0.3 is 10.6 Å². The fraction of sp³-hybridized carbons (Fsp3) is 0.368. The molecule has 4 nitrogen and oxygen atoms in total. The van der Waals surface area contributed by atoms with Gasteiger partial charge in [-0.1, -0.05) is 18.2 Å². The number of nitrogens with zero attached hydrogens (tertiary/aromatic N) is 2. The summed E-state index contributed by atoms with van der Waals surface area (Å²) in [5.41, 5.74) is 2.20. The van der Waals surface area contributed by atoms with Crippen molar-refractivity contribution in [2.75, 3.05) is 13.1 Å². The number of halogens is 4. The number of pyridine rings is 1. The first kappa shape index (κ1) is 23.2. The van der Waals surface area contributed by atoms with E-state index in [0.717, 1.165) is 29.0 Å². The van der Waals surface area contributed by atoms with Gasteiger partial charge in [0.15, 0.2) is 5.96 Å². The molecule has 0 saturated heterocycles. The van der Waals surface area contributed by atoms with Crippen molar-refractivity contribution in [3.05, 3.63) is 65.0 Å². The fourth-order valence-electron chi connectivity index (χ4n) is 2.37. The average molecular weight is 492 g/mol. The van der Waals surface area contributed by atoms with Crippen molar-refractivity contribution in [1.82, 2.24) is 15.6 Å². The van der Waals surface area contributed by atoms with Crippen LogP contribution in [0.5, 0.6) is 0 Å². The molecule has 0 unspecified atom stereocenters. The van der Waals surface area contributed by atoms with Crippen molar-refractivity contribution >= 4 is 29.9 Å². The van der Waals surface area contributed by atoms with E-state index in [1.807, 2.05) is 26.0 Å². The molecule has 2 N–H and O–H groups in total. The van der Waals surface area contributed by atoms with Crippen molar-refractivity contribution in [2.45, 2.75) is 33.0 Å². The number of rotatable bonds is 6. The number of hydrogen-bond acceptors (Lipinski definition) is 2. The summed E-state index contributed by atoms with van der Waals surface area (Å²) in [7, 11) is 0. The summed E-state index contributed by atoms with van der Waals surface area (Å²) in [6.45, 7) is 5.70. The fourth-order valence-corrected chi connectivity index (χ4v) is 2.37. The van der Waals surface area contributed by atoms with Gasteiger partial charge in [-0.25, -0.2) is 4.99 Å². The van der Waals surface area contributed by atoms with Gasteiger partial charge in [0.25, 0.3) is 0 Å².